The molecule has 0 spiro atoms. The van der Waals surface area contributed by atoms with Crippen LogP contribution in [0.2, 0.25) is 5.02 Å². The summed E-state index contributed by atoms with van der Waals surface area (Å²) in [5.74, 6) is 1.06. The van der Waals surface area contributed by atoms with E-state index < -0.39 is 0 Å². The Bertz CT molecular complexity index is 499. The molecule has 0 radical (unpaired) electrons. The van der Waals surface area contributed by atoms with Crippen molar-refractivity contribution in [2.24, 2.45) is 0 Å². The zero-order valence-corrected chi connectivity index (χ0v) is 9.58. The standard InChI is InChI=1S/C10H10ClN3O2/c1-12-10-13-9(14-16-10)7-4-3-6(11)5-8(7)15-2/h3-5H,1-2H3,(H,12,13,14). The summed E-state index contributed by atoms with van der Waals surface area (Å²) in [5.41, 5.74) is 0.733. The maximum absolute atomic E-state index is 5.86. The van der Waals surface area contributed by atoms with Gasteiger partial charge in [-0.15, -0.1) is 0 Å². The number of rotatable bonds is 3. The molecule has 2 aromatic rings. The van der Waals surface area contributed by atoms with E-state index >= 15 is 0 Å². The van der Waals surface area contributed by atoms with Crippen LogP contribution in [0.5, 0.6) is 5.75 Å². The number of methoxy groups -OCH3 is 1. The van der Waals surface area contributed by atoms with Gasteiger partial charge in [0.05, 0.1) is 12.7 Å². The average Bonchev–Trinajstić information content (AvgIpc) is 2.77. The molecule has 0 atom stereocenters. The number of benzene rings is 1. The van der Waals surface area contributed by atoms with Crippen LogP contribution in [0.1, 0.15) is 0 Å². The normalized spacial score (nSPS) is 10.2. The molecular weight excluding hydrogens is 230 g/mol. The highest BCUT2D eigenvalue weighted by molar-refractivity contribution is 6.30. The summed E-state index contributed by atoms with van der Waals surface area (Å²) in [6.45, 7) is 0. The first-order chi connectivity index (χ1) is 7.74. The number of anilines is 1. The van der Waals surface area contributed by atoms with Crippen LogP contribution < -0.4 is 10.1 Å². The summed E-state index contributed by atoms with van der Waals surface area (Å²) in [6.07, 6.45) is 0. The van der Waals surface area contributed by atoms with E-state index in [9.17, 15) is 0 Å². The molecular formula is C10H10ClN3O2. The highest BCUT2D eigenvalue weighted by atomic mass is 35.5. The summed E-state index contributed by atoms with van der Waals surface area (Å²) >= 11 is 5.86. The Morgan fingerprint density at radius 1 is 1.44 bits per heavy atom. The van der Waals surface area contributed by atoms with Gasteiger partial charge in [-0.3, -0.25) is 0 Å². The molecule has 16 heavy (non-hydrogen) atoms. The molecule has 1 N–H and O–H groups in total. The predicted octanol–water partition coefficient (Wildman–Crippen LogP) is 2.44. The van der Waals surface area contributed by atoms with Crippen molar-refractivity contribution in [2.75, 3.05) is 19.5 Å². The van der Waals surface area contributed by atoms with Gasteiger partial charge in [0.15, 0.2) is 0 Å². The molecule has 0 amide bonds. The predicted molar refractivity (Wildman–Crippen MR) is 60.8 cm³/mol. The maximum atomic E-state index is 5.86. The molecule has 6 heteroatoms. The van der Waals surface area contributed by atoms with Gasteiger partial charge in [0, 0.05) is 12.1 Å². The fraction of sp³-hybridized carbons (Fsp3) is 0.200. The van der Waals surface area contributed by atoms with Crippen LogP contribution in [0.3, 0.4) is 0 Å². The monoisotopic (exact) mass is 239 g/mol. The summed E-state index contributed by atoms with van der Waals surface area (Å²) in [6, 6.07) is 5.58. The van der Waals surface area contributed by atoms with Gasteiger partial charge in [-0.25, -0.2) is 0 Å². The fourth-order valence-corrected chi connectivity index (χ4v) is 1.45. The van der Waals surface area contributed by atoms with E-state index in [4.69, 9.17) is 20.9 Å². The van der Waals surface area contributed by atoms with Crippen molar-refractivity contribution in [1.29, 1.82) is 0 Å². The largest absolute Gasteiger partial charge is 0.496 e. The quantitative estimate of drug-likeness (QED) is 0.892. The smallest absolute Gasteiger partial charge is 0.321 e. The minimum atomic E-state index is 0.354. The van der Waals surface area contributed by atoms with Gasteiger partial charge >= 0.3 is 6.01 Å². The Labute approximate surface area is 97.4 Å². The number of nitrogens with one attached hydrogen (secondary N) is 1. The molecule has 0 saturated carbocycles. The number of hydrogen-bond donors (Lipinski definition) is 1. The molecule has 0 aliphatic rings. The third-order valence-corrected chi connectivity index (χ3v) is 2.28. The van der Waals surface area contributed by atoms with E-state index in [1.807, 2.05) is 0 Å². The summed E-state index contributed by atoms with van der Waals surface area (Å²) in [7, 11) is 3.27. The van der Waals surface area contributed by atoms with Crippen LogP contribution in [0.15, 0.2) is 22.7 Å². The Balaban J connectivity index is 2.46. The minimum absolute atomic E-state index is 0.354. The van der Waals surface area contributed by atoms with Crippen molar-refractivity contribution in [3.8, 4) is 17.1 Å². The third kappa shape index (κ3) is 1.94. The lowest BCUT2D eigenvalue weighted by Crippen LogP contribution is -1.90. The van der Waals surface area contributed by atoms with E-state index in [0.29, 0.717) is 22.6 Å². The average molecular weight is 240 g/mol. The first-order valence-corrected chi connectivity index (χ1v) is 4.97. The van der Waals surface area contributed by atoms with Gasteiger partial charge in [0.2, 0.25) is 5.82 Å². The van der Waals surface area contributed by atoms with Crippen molar-refractivity contribution in [2.45, 2.75) is 0 Å². The van der Waals surface area contributed by atoms with Crippen molar-refractivity contribution in [3.05, 3.63) is 23.2 Å². The molecule has 0 unspecified atom stereocenters. The molecule has 1 aromatic heterocycles. The molecule has 1 aromatic carbocycles. The second kappa shape index (κ2) is 4.40. The van der Waals surface area contributed by atoms with Crippen LogP contribution in [-0.4, -0.2) is 24.3 Å². The Morgan fingerprint density at radius 2 is 2.25 bits per heavy atom. The van der Waals surface area contributed by atoms with Gasteiger partial charge < -0.3 is 14.6 Å². The first-order valence-electron chi connectivity index (χ1n) is 4.60. The molecule has 2 rings (SSSR count). The highest BCUT2D eigenvalue weighted by Crippen LogP contribution is 2.30. The lowest BCUT2D eigenvalue weighted by Gasteiger charge is -2.04. The molecule has 84 valence electrons. The summed E-state index contributed by atoms with van der Waals surface area (Å²) < 4.78 is 10.1. The first kappa shape index (κ1) is 10.8. The highest BCUT2D eigenvalue weighted by Gasteiger charge is 2.12. The van der Waals surface area contributed by atoms with Crippen molar-refractivity contribution in [3.63, 3.8) is 0 Å². The van der Waals surface area contributed by atoms with Crippen LogP contribution in [0, 0.1) is 0 Å². The second-order valence-corrected chi connectivity index (χ2v) is 3.45. The molecule has 5 nitrogen and oxygen atoms in total. The summed E-state index contributed by atoms with van der Waals surface area (Å²) in [4.78, 5) is 4.13. The van der Waals surface area contributed by atoms with Gasteiger partial charge in [-0.1, -0.05) is 16.8 Å². The molecule has 0 bridgehead atoms. The number of nitrogens with zero attached hydrogens (tertiary/aromatic N) is 2. The van der Waals surface area contributed by atoms with Gasteiger partial charge in [0.1, 0.15) is 5.75 Å². The van der Waals surface area contributed by atoms with Gasteiger partial charge in [0.25, 0.3) is 0 Å². The Kier molecular flexibility index (Phi) is 2.96. The zero-order chi connectivity index (χ0) is 11.5. The zero-order valence-electron chi connectivity index (χ0n) is 8.82. The second-order valence-electron chi connectivity index (χ2n) is 3.02. The van der Waals surface area contributed by atoms with Crippen LogP contribution in [0.4, 0.5) is 6.01 Å². The topological polar surface area (TPSA) is 60.2 Å². The maximum Gasteiger partial charge on any atom is 0.321 e. The molecule has 0 aliphatic carbocycles. The molecule has 0 saturated heterocycles. The van der Waals surface area contributed by atoms with Gasteiger partial charge in [-0.05, 0) is 18.2 Å². The van der Waals surface area contributed by atoms with E-state index in [1.165, 1.54) is 0 Å². The van der Waals surface area contributed by atoms with E-state index in [2.05, 4.69) is 15.5 Å². The number of ether oxygens (including phenoxy) is 1. The fourth-order valence-electron chi connectivity index (χ4n) is 1.28. The molecule has 0 fully saturated rings. The SMILES string of the molecule is CNc1nc(-c2ccc(Cl)cc2OC)no1. The summed E-state index contributed by atoms with van der Waals surface area (Å²) in [5, 5.41) is 7.18. The number of halogens is 1. The van der Waals surface area contributed by atoms with Crippen molar-refractivity contribution in [1.82, 2.24) is 10.1 Å². The van der Waals surface area contributed by atoms with Crippen molar-refractivity contribution < 1.29 is 9.26 Å². The van der Waals surface area contributed by atoms with Crippen LogP contribution >= 0.6 is 11.6 Å². The number of hydrogen-bond acceptors (Lipinski definition) is 5. The van der Waals surface area contributed by atoms with E-state index in [0.717, 1.165) is 5.56 Å². The lowest BCUT2D eigenvalue weighted by atomic mass is 10.2. The van der Waals surface area contributed by atoms with Crippen LogP contribution in [0.25, 0.3) is 11.4 Å². The Morgan fingerprint density at radius 3 is 2.88 bits per heavy atom. The Hall–Kier alpha value is -1.75. The third-order valence-electron chi connectivity index (χ3n) is 2.04. The lowest BCUT2D eigenvalue weighted by molar-refractivity contribution is 0.413. The van der Waals surface area contributed by atoms with Crippen LogP contribution in [-0.2, 0) is 0 Å². The molecule has 1 heterocycles. The van der Waals surface area contributed by atoms with E-state index in [-0.39, 0.29) is 0 Å². The molecule has 0 aliphatic heterocycles. The van der Waals surface area contributed by atoms with E-state index in [1.54, 1.807) is 32.4 Å². The van der Waals surface area contributed by atoms with Gasteiger partial charge in [-0.2, -0.15) is 4.98 Å². The number of aromatic nitrogens is 2. The minimum Gasteiger partial charge on any atom is -0.496 e. The van der Waals surface area contributed by atoms with Crippen molar-refractivity contribution >= 4 is 17.6 Å².